The molecule has 1 N–H and O–H groups in total. The lowest BCUT2D eigenvalue weighted by atomic mass is 10.0. The Morgan fingerprint density at radius 1 is 0.969 bits per heavy atom. The third-order valence-corrected chi connectivity index (χ3v) is 5.08. The smallest absolute Gasteiger partial charge is 0.262 e. The Morgan fingerprint density at radius 3 is 2.34 bits per heavy atom. The molecule has 0 radical (unpaired) electrons. The van der Waals surface area contributed by atoms with Crippen molar-refractivity contribution >= 4 is 22.6 Å². The Kier molecular flexibility index (Phi) is 5.77. The van der Waals surface area contributed by atoms with Gasteiger partial charge in [-0.05, 0) is 62.2 Å². The minimum Gasteiger partial charge on any atom is -0.476 e. The first-order chi connectivity index (χ1) is 15.3. The summed E-state index contributed by atoms with van der Waals surface area (Å²) in [5.41, 5.74) is 4.02. The second-order valence-electron chi connectivity index (χ2n) is 7.75. The molecule has 162 valence electrons. The van der Waals surface area contributed by atoms with Crippen molar-refractivity contribution in [2.24, 2.45) is 0 Å². The van der Waals surface area contributed by atoms with E-state index in [0.717, 1.165) is 16.7 Å². The van der Waals surface area contributed by atoms with Crippen LogP contribution in [0.4, 0.5) is 10.1 Å². The van der Waals surface area contributed by atoms with E-state index in [1.54, 1.807) is 0 Å². The molecule has 1 aromatic heterocycles. The normalized spacial score (nSPS) is 10.9. The maximum atomic E-state index is 13.4. The van der Waals surface area contributed by atoms with Crippen molar-refractivity contribution in [3.8, 4) is 17.1 Å². The number of hydrogen-bond acceptors (Lipinski definition) is 4. The number of fused-ring (bicyclic) bond motifs is 1. The van der Waals surface area contributed by atoms with Crippen LogP contribution in [0.3, 0.4) is 0 Å². The molecule has 5 nitrogen and oxygen atoms in total. The van der Waals surface area contributed by atoms with Crippen LogP contribution in [0.25, 0.3) is 22.3 Å². The van der Waals surface area contributed by atoms with Crippen molar-refractivity contribution in [2.75, 3.05) is 11.9 Å². The minimum atomic E-state index is -0.480. The summed E-state index contributed by atoms with van der Waals surface area (Å²) in [5.74, 6) is -0.641. The Bertz CT molecular complexity index is 1360. The first kappa shape index (κ1) is 21.3. The topological polar surface area (TPSA) is 68.5 Å². The number of carbonyl (C=O) groups is 1. The lowest BCUT2D eigenvalue weighted by molar-refractivity contribution is -0.118. The molecule has 3 aromatic carbocycles. The van der Waals surface area contributed by atoms with E-state index < -0.39 is 18.3 Å². The predicted octanol–water partition coefficient (Wildman–Crippen LogP) is 5.54. The van der Waals surface area contributed by atoms with Crippen molar-refractivity contribution < 1.29 is 18.3 Å². The zero-order valence-electron chi connectivity index (χ0n) is 18.0. The van der Waals surface area contributed by atoms with E-state index in [9.17, 15) is 14.0 Å². The summed E-state index contributed by atoms with van der Waals surface area (Å²) in [6.07, 6.45) is 0. The number of ether oxygens (including phenoxy) is 1. The summed E-state index contributed by atoms with van der Waals surface area (Å²) >= 11 is 0. The average molecular weight is 431 g/mol. The molecule has 0 saturated heterocycles. The second-order valence-corrected chi connectivity index (χ2v) is 7.75. The first-order valence-corrected chi connectivity index (χ1v) is 10.1. The van der Waals surface area contributed by atoms with Crippen LogP contribution < -0.4 is 15.5 Å². The number of carbonyl (C=O) groups excluding carboxylic acids is 1. The van der Waals surface area contributed by atoms with Crippen molar-refractivity contribution in [2.45, 2.75) is 20.8 Å². The standard InChI is InChI=1S/C26H22FNO4/c1-15-4-6-18(7-5-15)25-26(24(30)23-17(3)12-16(2)13-21(23)32-25)31-14-22(29)28-20-10-8-19(27)9-11-20/h4-13H,14H2,1-3H3,(H,28,29). The van der Waals surface area contributed by atoms with Crippen molar-refractivity contribution in [3.63, 3.8) is 0 Å². The molecule has 0 bridgehead atoms. The monoisotopic (exact) mass is 431 g/mol. The highest BCUT2D eigenvalue weighted by molar-refractivity contribution is 5.92. The van der Waals surface area contributed by atoms with Crippen LogP contribution in [0.1, 0.15) is 16.7 Å². The summed E-state index contributed by atoms with van der Waals surface area (Å²) < 4.78 is 24.9. The van der Waals surface area contributed by atoms with E-state index in [4.69, 9.17) is 9.15 Å². The van der Waals surface area contributed by atoms with E-state index in [-0.39, 0.29) is 16.9 Å². The van der Waals surface area contributed by atoms with Gasteiger partial charge in [0, 0.05) is 11.3 Å². The van der Waals surface area contributed by atoms with Gasteiger partial charge in [0.05, 0.1) is 5.39 Å². The zero-order valence-corrected chi connectivity index (χ0v) is 18.0. The van der Waals surface area contributed by atoms with Gasteiger partial charge in [-0.3, -0.25) is 9.59 Å². The van der Waals surface area contributed by atoms with Crippen LogP contribution in [-0.4, -0.2) is 12.5 Å². The van der Waals surface area contributed by atoms with Crippen LogP contribution in [0.2, 0.25) is 0 Å². The van der Waals surface area contributed by atoms with E-state index in [1.165, 1.54) is 24.3 Å². The molecule has 1 amide bonds. The largest absolute Gasteiger partial charge is 0.476 e. The third-order valence-electron chi connectivity index (χ3n) is 5.08. The van der Waals surface area contributed by atoms with E-state index in [0.29, 0.717) is 22.2 Å². The number of nitrogens with one attached hydrogen (secondary N) is 1. The average Bonchev–Trinajstić information content (AvgIpc) is 2.74. The second kappa shape index (κ2) is 8.67. The zero-order chi connectivity index (χ0) is 22.8. The number of halogens is 1. The highest BCUT2D eigenvalue weighted by atomic mass is 19.1. The van der Waals surface area contributed by atoms with Crippen LogP contribution in [0, 0.1) is 26.6 Å². The summed E-state index contributed by atoms with van der Waals surface area (Å²) in [6, 6.07) is 16.6. The fraction of sp³-hybridized carbons (Fsp3) is 0.154. The van der Waals surface area contributed by atoms with Crippen LogP contribution >= 0.6 is 0 Å². The molecule has 0 aliphatic rings. The van der Waals surface area contributed by atoms with Gasteiger partial charge in [-0.2, -0.15) is 0 Å². The molecule has 4 rings (SSSR count). The lowest BCUT2D eigenvalue weighted by Crippen LogP contribution is -2.22. The van der Waals surface area contributed by atoms with Crippen LogP contribution in [0.5, 0.6) is 5.75 Å². The highest BCUT2D eigenvalue weighted by Gasteiger charge is 2.20. The highest BCUT2D eigenvalue weighted by Crippen LogP contribution is 2.32. The fourth-order valence-corrected chi connectivity index (χ4v) is 3.57. The van der Waals surface area contributed by atoms with Gasteiger partial charge in [0.15, 0.2) is 12.4 Å². The quantitative estimate of drug-likeness (QED) is 0.450. The molecule has 0 atom stereocenters. The summed E-state index contributed by atoms with van der Waals surface area (Å²) in [4.78, 5) is 25.8. The molecule has 0 spiro atoms. The number of benzene rings is 3. The van der Waals surface area contributed by atoms with Gasteiger partial charge in [0.1, 0.15) is 11.4 Å². The molecule has 6 heteroatoms. The lowest BCUT2D eigenvalue weighted by Gasteiger charge is -2.13. The van der Waals surface area contributed by atoms with Crippen LogP contribution in [-0.2, 0) is 4.79 Å². The van der Waals surface area contributed by atoms with Gasteiger partial charge < -0.3 is 14.5 Å². The molecule has 0 unspecified atom stereocenters. The number of aryl methyl sites for hydroxylation is 3. The van der Waals surface area contributed by atoms with Gasteiger partial charge in [-0.25, -0.2) is 4.39 Å². The summed E-state index contributed by atoms with van der Waals surface area (Å²) in [6.45, 7) is 5.33. The van der Waals surface area contributed by atoms with Crippen molar-refractivity contribution in [1.29, 1.82) is 0 Å². The molecule has 0 aliphatic carbocycles. The van der Waals surface area contributed by atoms with E-state index >= 15 is 0 Å². The Balaban J connectivity index is 1.72. The SMILES string of the molecule is Cc1ccc(-c2oc3cc(C)cc(C)c3c(=O)c2OCC(=O)Nc2ccc(F)cc2)cc1. The van der Waals surface area contributed by atoms with Gasteiger partial charge in [-0.15, -0.1) is 0 Å². The summed E-state index contributed by atoms with van der Waals surface area (Å²) in [5, 5.41) is 3.04. The molecular weight excluding hydrogens is 409 g/mol. The van der Waals surface area contributed by atoms with E-state index in [2.05, 4.69) is 5.32 Å². The first-order valence-electron chi connectivity index (χ1n) is 10.1. The Hall–Kier alpha value is -3.93. The fourth-order valence-electron chi connectivity index (χ4n) is 3.57. The molecule has 0 saturated carbocycles. The Labute approximate surface area is 184 Å². The third kappa shape index (κ3) is 4.39. The van der Waals surface area contributed by atoms with Gasteiger partial charge >= 0.3 is 0 Å². The van der Waals surface area contributed by atoms with Gasteiger partial charge in [0.2, 0.25) is 11.2 Å². The number of hydrogen-bond donors (Lipinski definition) is 1. The minimum absolute atomic E-state index is 0.0254. The molecule has 1 heterocycles. The number of anilines is 1. The molecule has 32 heavy (non-hydrogen) atoms. The van der Waals surface area contributed by atoms with E-state index in [1.807, 2.05) is 57.2 Å². The molecule has 0 aliphatic heterocycles. The van der Waals surface area contributed by atoms with Crippen molar-refractivity contribution in [3.05, 3.63) is 93.4 Å². The summed E-state index contributed by atoms with van der Waals surface area (Å²) in [7, 11) is 0. The van der Waals surface area contributed by atoms with Crippen LogP contribution in [0.15, 0.2) is 69.9 Å². The number of amides is 1. The van der Waals surface area contributed by atoms with Gasteiger partial charge in [-0.1, -0.05) is 35.9 Å². The Morgan fingerprint density at radius 2 is 1.66 bits per heavy atom. The maximum Gasteiger partial charge on any atom is 0.262 e. The molecule has 0 fully saturated rings. The molecular formula is C26H22FNO4. The molecule has 4 aromatic rings. The predicted molar refractivity (Wildman–Crippen MR) is 123 cm³/mol. The number of rotatable bonds is 5. The van der Waals surface area contributed by atoms with Crippen molar-refractivity contribution in [1.82, 2.24) is 0 Å². The van der Waals surface area contributed by atoms with Gasteiger partial charge in [0.25, 0.3) is 5.91 Å². The maximum absolute atomic E-state index is 13.4.